The Morgan fingerprint density at radius 2 is 1.71 bits per heavy atom. The van der Waals surface area contributed by atoms with Crippen LogP contribution >= 0.6 is 0 Å². The quantitative estimate of drug-likeness (QED) is 0.920. The molecule has 0 spiro atoms. The molecule has 0 amide bonds. The number of hydrogen-bond donors (Lipinski definition) is 1. The summed E-state index contributed by atoms with van der Waals surface area (Å²) in [5.41, 5.74) is 7.01. The normalized spacial score (nSPS) is 12.9. The monoisotopic (exact) mass is 305 g/mol. The Balaban J connectivity index is 2.27. The molecule has 0 aliphatic carbocycles. The van der Waals surface area contributed by atoms with Crippen molar-refractivity contribution in [2.45, 2.75) is 24.3 Å². The Bertz CT molecular complexity index is 709. The van der Waals surface area contributed by atoms with Gasteiger partial charge >= 0.3 is 0 Å². The van der Waals surface area contributed by atoms with E-state index in [0.29, 0.717) is 11.5 Å². The van der Waals surface area contributed by atoms with Gasteiger partial charge in [-0.25, -0.2) is 8.42 Å². The highest BCUT2D eigenvalue weighted by atomic mass is 32.2. The van der Waals surface area contributed by atoms with Crippen LogP contribution in [0.15, 0.2) is 53.4 Å². The van der Waals surface area contributed by atoms with Crippen LogP contribution < -0.4 is 10.5 Å². The number of sulfone groups is 1. The van der Waals surface area contributed by atoms with Crippen LogP contribution in [-0.2, 0) is 9.84 Å². The molecule has 5 heteroatoms. The van der Waals surface area contributed by atoms with Crippen molar-refractivity contribution in [3.63, 3.8) is 0 Å². The van der Waals surface area contributed by atoms with Gasteiger partial charge in [0, 0.05) is 17.9 Å². The zero-order chi connectivity index (χ0) is 15.5. The lowest BCUT2D eigenvalue weighted by molar-refractivity contribution is 0.468. The number of rotatable bonds is 5. The maximum Gasteiger partial charge on any atom is 0.175 e. The molecule has 2 N–H and O–H groups in total. The molecule has 21 heavy (non-hydrogen) atoms. The molecule has 0 bridgehead atoms. The Kier molecular flexibility index (Phi) is 4.65. The van der Waals surface area contributed by atoms with Crippen LogP contribution in [0.5, 0.6) is 11.5 Å². The van der Waals surface area contributed by atoms with Gasteiger partial charge in [0.1, 0.15) is 11.5 Å². The van der Waals surface area contributed by atoms with Crippen LogP contribution in [0.3, 0.4) is 0 Å². The van der Waals surface area contributed by atoms with E-state index in [2.05, 4.69) is 0 Å². The summed E-state index contributed by atoms with van der Waals surface area (Å²) in [6.45, 7) is 2.02. The molecule has 1 atom stereocenters. The van der Waals surface area contributed by atoms with Gasteiger partial charge in [-0.1, -0.05) is 25.1 Å². The topological polar surface area (TPSA) is 69.4 Å². The zero-order valence-electron chi connectivity index (χ0n) is 12.1. The van der Waals surface area contributed by atoms with Crippen molar-refractivity contribution in [3.8, 4) is 11.5 Å². The highest BCUT2D eigenvalue weighted by Gasteiger charge is 2.11. The minimum Gasteiger partial charge on any atom is -0.457 e. The minimum absolute atomic E-state index is 0.0866. The van der Waals surface area contributed by atoms with E-state index in [9.17, 15) is 8.42 Å². The van der Waals surface area contributed by atoms with Gasteiger partial charge in [0.25, 0.3) is 0 Å². The lowest BCUT2D eigenvalue weighted by atomic mass is 10.0. The maximum absolute atomic E-state index is 11.4. The molecule has 112 valence electrons. The first kappa shape index (κ1) is 15.5. The van der Waals surface area contributed by atoms with Crippen LogP contribution in [0, 0.1) is 0 Å². The summed E-state index contributed by atoms with van der Waals surface area (Å²) in [6.07, 6.45) is 1.99. The van der Waals surface area contributed by atoms with Crippen molar-refractivity contribution in [2.24, 2.45) is 5.73 Å². The van der Waals surface area contributed by atoms with Crippen molar-refractivity contribution >= 4 is 9.84 Å². The molecule has 0 radical (unpaired) electrons. The SMILES string of the molecule is CC[C@@H](N)c1ccccc1Oc1ccc(S(C)(=O)=O)cc1. The Morgan fingerprint density at radius 3 is 2.29 bits per heavy atom. The highest BCUT2D eigenvalue weighted by Crippen LogP contribution is 2.30. The summed E-state index contributed by atoms with van der Waals surface area (Å²) in [5.74, 6) is 1.28. The molecule has 0 saturated carbocycles. The van der Waals surface area contributed by atoms with E-state index in [1.165, 1.54) is 18.4 Å². The van der Waals surface area contributed by atoms with E-state index in [1.54, 1.807) is 12.1 Å². The van der Waals surface area contributed by atoms with Gasteiger partial charge in [-0.15, -0.1) is 0 Å². The number of nitrogens with two attached hydrogens (primary N) is 1. The molecule has 2 aromatic rings. The molecule has 0 unspecified atom stereocenters. The summed E-state index contributed by atoms with van der Waals surface area (Å²) in [6, 6.07) is 13.9. The standard InChI is InChI=1S/C16H19NO3S/c1-3-15(17)14-6-4-5-7-16(14)20-12-8-10-13(11-9-12)21(2,18)19/h4-11,15H,3,17H2,1-2H3/t15-/m1/s1. The molecule has 2 rings (SSSR count). The second-order valence-electron chi connectivity index (χ2n) is 4.90. The van der Waals surface area contributed by atoms with E-state index in [-0.39, 0.29) is 10.9 Å². The van der Waals surface area contributed by atoms with E-state index in [0.717, 1.165) is 12.0 Å². The van der Waals surface area contributed by atoms with Gasteiger partial charge in [-0.3, -0.25) is 0 Å². The zero-order valence-corrected chi connectivity index (χ0v) is 12.9. The third-order valence-electron chi connectivity index (χ3n) is 3.24. The molecule has 0 saturated heterocycles. The smallest absolute Gasteiger partial charge is 0.175 e. The van der Waals surface area contributed by atoms with Gasteiger partial charge in [-0.05, 0) is 36.8 Å². The van der Waals surface area contributed by atoms with Crippen molar-refractivity contribution in [2.75, 3.05) is 6.26 Å². The third kappa shape index (κ3) is 3.83. The van der Waals surface area contributed by atoms with E-state index < -0.39 is 9.84 Å². The van der Waals surface area contributed by atoms with Gasteiger partial charge < -0.3 is 10.5 Å². The van der Waals surface area contributed by atoms with E-state index in [1.807, 2.05) is 31.2 Å². The average Bonchev–Trinajstić information content (AvgIpc) is 2.46. The number of ether oxygens (including phenoxy) is 1. The van der Waals surface area contributed by atoms with Crippen molar-refractivity contribution < 1.29 is 13.2 Å². The van der Waals surface area contributed by atoms with Crippen molar-refractivity contribution in [1.29, 1.82) is 0 Å². The van der Waals surface area contributed by atoms with Crippen LogP contribution in [0.1, 0.15) is 24.9 Å². The van der Waals surface area contributed by atoms with E-state index in [4.69, 9.17) is 10.5 Å². The Hall–Kier alpha value is -1.85. The van der Waals surface area contributed by atoms with Crippen LogP contribution in [0.25, 0.3) is 0 Å². The molecule has 2 aromatic carbocycles. The molecule has 0 heterocycles. The summed E-state index contributed by atoms with van der Waals surface area (Å²) in [7, 11) is -3.19. The second-order valence-corrected chi connectivity index (χ2v) is 6.91. The van der Waals surface area contributed by atoms with E-state index >= 15 is 0 Å². The first-order chi connectivity index (χ1) is 9.91. The first-order valence-electron chi connectivity index (χ1n) is 6.74. The van der Waals surface area contributed by atoms with Crippen LogP contribution in [-0.4, -0.2) is 14.7 Å². The molecular weight excluding hydrogens is 286 g/mol. The van der Waals surface area contributed by atoms with Crippen LogP contribution in [0.4, 0.5) is 0 Å². The summed E-state index contributed by atoms with van der Waals surface area (Å²) in [4.78, 5) is 0.272. The minimum atomic E-state index is -3.19. The molecule has 0 aliphatic heterocycles. The predicted octanol–water partition coefficient (Wildman–Crippen LogP) is 3.29. The number of benzene rings is 2. The third-order valence-corrected chi connectivity index (χ3v) is 4.37. The molecule has 0 aliphatic rings. The fourth-order valence-corrected chi connectivity index (χ4v) is 2.61. The number of hydrogen-bond acceptors (Lipinski definition) is 4. The largest absolute Gasteiger partial charge is 0.457 e. The lowest BCUT2D eigenvalue weighted by Crippen LogP contribution is -2.09. The molecule has 0 fully saturated rings. The Morgan fingerprint density at radius 1 is 1.10 bits per heavy atom. The maximum atomic E-state index is 11.4. The fourth-order valence-electron chi connectivity index (χ4n) is 1.98. The number of para-hydroxylation sites is 1. The summed E-state index contributed by atoms with van der Waals surface area (Å²) < 4.78 is 28.7. The average molecular weight is 305 g/mol. The van der Waals surface area contributed by atoms with Gasteiger partial charge in [0.15, 0.2) is 9.84 Å². The first-order valence-corrected chi connectivity index (χ1v) is 8.63. The van der Waals surface area contributed by atoms with Gasteiger partial charge in [-0.2, -0.15) is 0 Å². The van der Waals surface area contributed by atoms with Crippen molar-refractivity contribution in [1.82, 2.24) is 0 Å². The summed E-state index contributed by atoms with van der Waals surface area (Å²) in [5, 5.41) is 0. The summed E-state index contributed by atoms with van der Waals surface area (Å²) >= 11 is 0. The van der Waals surface area contributed by atoms with Crippen LogP contribution in [0.2, 0.25) is 0 Å². The predicted molar refractivity (Wildman–Crippen MR) is 83.3 cm³/mol. The van der Waals surface area contributed by atoms with Gasteiger partial charge in [0.05, 0.1) is 4.90 Å². The fraction of sp³-hybridized carbons (Fsp3) is 0.250. The molecule has 0 aromatic heterocycles. The van der Waals surface area contributed by atoms with Gasteiger partial charge in [0.2, 0.25) is 0 Å². The lowest BCUT2D eigenvalue weighted by Gasteiger charge is -2.15. The highest BCUT2D eigenvalue weighted by molar-refractivity contribution is 7.90. The Labute approximate surface area is 125 Å². The second kappa shape index (κ2) is 6.28. The molecule has 4 nitrogen and oxygen atoms in total. The van der Waals surface area contributed by atoms with Crippen molar-refractivity contribution in [3.05, 3.63) is 54.1 Å². The molecular formula is C16H19NO3S.